The SMILES string of the molecule is CN(Cc1ccco1)C(=N)c1ccc(C2=NOCC2)cc1. The smallest absolute Gasteiger partial charge is 0.128 e. The number of benzene rings is 1. The number of furan rings is 1. The van der Waals surface area contributed by atoms with E-state index in [4.69, 9.17) is 14.7 Å². The Bertz CT molecular complexity index is 645. The van der Waals surface area contributed by atoms with Gasteiger partial charge in [-0.25, -0.2) is 0 Å². The summed E-state index contributed by atoms with van der Waals surface area (Å²) in [5.41, 5.74) is 2.89. The molecular weight excluding hydrogens is 266 g/mol. The molecule has 1 N–H and O–H groups in total. The van der Waals surface area contributed by atoms with Crippen molar-refractivity contribution in [2.24, 2.45) is 5.16 Å². The summed E-state index contributed by atoms with van der Waals surface area (Å²) in [5, 5.41) is 12.3. The molecule has 2 heterocycles. The van der Waals surface area contributed by atoms with Crippen LogP contribution in [0.2, 0.25) is 0 Å². The van der Waals surface area contributed by atoms with E-state index in [0.717, 1.165) is 29.0 Å². The van der Waals surface area contributed by atoms with Crippen LogP contribution in [0.5, 0.6) is 0 Å². The lowest BCUT2D eigenvalue weighted by atomic mass is 10.1. The van der Waals surface area contributed by atoms with Crippen molar-refractivity contribution in [2.75, 3.05) is 13.7 Å². The molecule has 0 spiro atoms. The van der Waals surface area contributed by atoms with Gasteiger partial charge in [-0.2, -0.15) is 0 Å². The minimum Gasteiger partial charge on any atom is -0.467 e. The predicted molar refractivity (Wildman–Crippen MR) is 80.6 cm³/mol. The van der Waals surface area contributed by atoms with E-state index in [0.29, 0.717) is 19.0 Å². The maximum absolute atomic E-state index is 8.25. The molecule has 0 saturated heterocycles. The van der Waals surface area contributed by atoms with E-state index < -0.39 is 0 Å². The number of rotatable bonds is 4. The van der Waals surface area contributed by atoms with Crippen molar-refractivity contribution in [1.29, 1.82) is 5.41 Å². The van der Waals surface area contributed by atoms with Gasteiger partial charge in [0.2, 0.25) is 0 Å². The molecule has 3 rings (SSSR count). The molecule has 5 nitrogen and oxygen atoms in total. The molecule has 1 aliphatic heterocycles. The summed E-state index contributed by atoms with van der Waals surface area (Å²) < 4.78 is 5.31. The predicted octanol–water partition coefficient (Wildman–Crippen LogP) is 2.86. The highest BCUT2D eigenvalue weighted by atomic mass is 16.6. The Morgan fingerprint density at radius 1 is 1.29 bits per heavy atom. The average molecular weight is 283 g/mol. The molecule has 0 amide bonds. The second kappa shape index (κ2) is 5.83. The molecule has 1 aromatic heterocycles. The maximum atomic E-state index is 8.25. The molecule has 0 unspecified atom stereocenters. The Morgan fingerprint density at radius 3 is 2.71 bits per heavy atom. The van der Waals surface area contributed by atoms with Crippen LogP contribution in [0, 0.1) is 5.41 Å². The minimum absolute atomic E-state index is 0.461. The highest BCUT2D eigenvalue weighted by Crippen LogP contribution is 2.14. The van der Waals surface area contributed by atoms with Gasteiger partial charge in [0, 0.05) is 19.0 Å². The molecule has 1 aromatic carbocycles. The van der Waals surface area contributed by atoms with Gasteiger partial charge in [-0.15, -0.1) is 0 Å². The zero-order chi connectivity index (χ0) is 14.7. The second-order valence-corrected chi connectivity index (χ2v) is 4.98. The molecule has 2 aromatic rings. The van der Waals surface area contributed by atoms with Gasteiger partial charge >= 0.3 is 0 Å². The molecule has 0 fully saturated rings. The monoisotopic (exact) mass is 283 g/mol. The highest BCUT2D eigenvalue weighted by molar-refractivity contribution is 6.02. The van der Waals surface area contributed by atoms with Crippen LogP contribution in [-0.2, 0) is 11.4 Å². The summed E-state index contributed by atoms with van der Waals surface area (Å²) >= 11 is 0. The molecule has 5 heteroatoms. The van der Waals surface area contributed by atoms with Crippen molar-refractivity contribution >= 4 is 11.5 Å². The van der Waals surface area contributed by atoms with Crippen molar-refractivity contribution in [3.05, 3.63) is 59.5 Å². The van der Waals surface area contributed by atoms with E-state index in [2.05, 4.69) is 5.16 Å². The van der Waals surface area contributed by atoms with Crippen LogP contribution >= 0.6 is 0 Å². The molecule has 108 valence electrons. The summed E-state index contributed by atoms with van der Waals surface area (Å²) in [5.74, 6) is 1.30. The fourth-order valence-electron chi connectivity index (χ4n) is 2.26. The van der Waals surface area contributed by atoms with Gasteiger partial charge in [-0.05, 0) is 17.7 Å². The van der Waals surface area contributed by atoms with Gasteiger partial charge < -0.3 is 14.2 Å². The molecule has 21 heavy (non-hydrogen) atoms. The van der Waals surface area contributed by atoms with Gasteiger partial charge in [-0.1, -0.05) is 29.4 Å². The number of amidine groups is 1. The Balaban J connectivity index is 1.69. The summed E-state index contributed by atoms with van der Waals surface area (Å²) in [4.78, 5) is 6.86. The van der Waals surface area contributed by atoms with Crippen molar-refractivity contribution in [2.45, 2.75) is 13.0 Å². The fraction of sp³-hybridized carbons (Fsp3) is 0.250. The molecule has 0 bridgehead atoms. The number of hydrogen-bond acceptors (Lipinski definition) is 4. The van der Waals surface area contributed by atoms with Crippen molar-refractivity contribution in [3.63, 3.8) is 0 Å². The third-order valence-electron chi connectivity index (χ3n) is 3.45. The zero-order valence-electron chi connectivity index (χ0n) is 11.9. The maximum Gasteiger partial charge on any atom is 0.128 e. The number of nitrogens with one attached hydrogen (secondary N) is 1. The summed E-state index contributed by atoms with van der Waals surface area (Å²) in [6, 6.07) is 11.6. The third-order valence-corrected chi connectivity index (χ3v) is 3.45. The van der Waals surface area contributed by atoms with E-state index in [-0.39, 0.29) is 0 Å². The first kappa shape index (κ1) is 13.4. The van der Waals surface area contributed by atoms with Crippen molar-refractivity contribution in [1.82, 2.24) is 4.90 Å². The van der Waals surface area contributed by atoms with Crippen LogP contribution in [-0.4, -0.2) is 30.1 Å². The van der Waals surface area contributed by atoms with Gasteiger partial charge in [0.1, 0.15) is 18.2 Å². The van der Waals surface area contributed by atoms with Gasteiger partial charge in [0.25, 0.3) is 0 Å². The van der Waals surface area contributed by atoms with Crippen molar-refractivity contribution in [3.8, 4) is 0 Å². The summed E-state index contributed by atoms with van der Waals surface area (Å²) in [6.45, 7) is 1.23. The first-order valence-corrected chi connectivity index (χ1v) is 6.86. The van der Waals surface area contributed by atoms with E-state index in [9.17, 15) is 0 Å². The topological polar surface area (TPSA) is 61.8 Å². The molecular formula is C16H17N3O2. The Morgan fingerprint density at radius 2 is 2.10 bits per heavy atom. The van der Waals surface area contributed by atoms with Crippen LogP contribution in [0.3, 0.4) is 0 Å². The van der Waals surface area contributed by atoms with Crippen LogP contribution in [0.1, 0.15) is 23.3 Å². The lowest BCUT2D eigenvalue weighted by molar-refractivity contribution is 0.174. The van der Waals surface area contributed by atoms with Gasteiger partial charge in [0.05, 0.1) is 18.5 Å². The molecule has 0 atom stereocenters. The van der Waals surface area contributed by atoms with E-state index in [1.165, 1.54) is 0 Å². The average Bonchev–Trinajstić information content (AvgIpc) is 3.20. The number of hydrogen-bond donors (Lipinski definition) is 1. The van der Waals surface area contributed by atoms with Crippen LogP contribution in [0.15, 0.2) is 52.2 Å². The first-order chi connectivity index (χ1) is 10.2. The van der Waals surface area contributed by atoms with Crippen LogP contribution in [0.25, 0.3) is 0 Å². The molecule has 1 aliphatic rings. The van der Waals surface area contributed by atoms with Crippen LogP contribution < -0.4 is 0 Å². The Hall–Kier alpha value is -2.56. The summed E-state index contributed by atoms with van der Waals surface area (Å²) in [6.07, 6.45) is 2.49. The zero-order valence-corrected chi connectivity index (χ0v) is 11.9. The molecule has 0 aliphatic carbocycles. The first-order valence-electron chi connectivity index (χ1n) is 6.86. The quantitative estimate of drug-likeness (QED) is 0.693. The third kappa shape index (κ3) is 2.97. The van der Waals surface area contributed by atoms with E-state index in [1.807, 2.05) is 48.3 Å². The van der Waals surface area contributed by atoms with Gasteiger partial charge in [-0.3, -0.25) is 5.41 Å². The Kier molecular flexibility index (Phi) is 3.73. The summed E-state index contributed by atoms with van der Waals surface area (Å²) in [7, 11) is 1.88. The van der Waals surface area contributed by atoms with Gasteiger partial charge in [0.15, 0.2) is 0 Å². The normalized spacial score (nSPS) is 13.7. The number of oxime groups is 1. The van der Waals surface area contributed by atoms with E-state index in [1.54, 1.807) is 6.26 Å². The largest absolute Gasteiger partial charge is 0.467 e. The van der Waals surface area contributed by atoms with Crippen molar-refractivity contribution < 1.29 is 9.25 Å². The second-order valence-electron chi connectivity index (χ2n) is 4.98. The minimum atomic E-state index is 0.461. The standard InChI is InChI=1S/C16H17N3O2/c1-19(11-14-3-2-9-20-14)16(17)13-6-4-12(5-7-13)15-8-10-21-18-15/h2-7,9,17H,8,10-11H2,1H3. The number of nitrogens with zero attached hydrogens (tertiary/aromatic N) is 2. The highest BCUT2D eigenvalue weighted by Gasteiger charge is 2.13. The lowest BCUT2D eigenvalue weighted by Gasteiger charge is -2.19. The van der Waals surface area contributed by atoms with E-state index >= 15 is 0 Å². The molecule has 0 saturated carbocycles. The molecule has 0 radical (unpaired) electrons. The van der Waals surface area contributed by atoms with Crippen LogP contribution in [0.4, 0.5) is 0 Å². The Labute approximate surface area is 123 Å². The lowest BCUT2D eigenvalue weighted by Crippen LogP contribution is -2.26. The fourth-order valence-corrected chi connectivity index (χ4v) is 2.26.